The lowest BCUT2D eigenvalue weighted by molar-refractivity contribution is -0.114. The van der Waals surface area contributed by atoms with E-state index in [2.05, 4.69) is 10.6 Å². The smallest absolute Gasteiger partial charge is 0.258 e. The van der Waals surface area contributed by atoms with Crippen molar-refractivity contribution in [1.29, 1.82) is 0 Å². The highest BCUT2D eigenvalue weighted by Gasteiger charge is 2.07. The number of benzene rings is 1. The third kappa shape index (κ3) is 2.98. The first kappa shape index (κ1) is 11.9. The Bertz CT molecular complexity index is 561. The van der Waals surface area contributed by atoms with Gasteiger partial charge in [-0.2, -0.15) is 0 Å². The Morgan fingerprint density at radius 1 is 1.11 bits per heavy atom. The van der Waals surface area contributed by atoms with Crippen molar-refractivity contribution in [2.24, 2.45) is 0 Å². The predicted molar refractivity (Wildman–Crippen MR) is 67.4 cm³/mol. The van der Waals surface area contributed by atoms with Crippen LogP contribution >= 0.6 is 0 Å². The Balaban J connectivity index is 2.10. The first-order valence-corrected chi connectivity index (χ1v) is 5.36. The van der Waals surface area contributed by atoms with Gasteiger partial charge in [0.2, 0.25) is 5.91 Å². The molecule has 2 amide bonds. The Hall–Kier alpha value is -2.56. The standard InChI is InChI=1S/C13H12N2O3/c1-9(16)14-11-3-2-4-12(7-11)15-13(17)10-5-6-18-8-10/h2-8H,1H3,(H,14,16)(H,15,17). The summed E-state index contributed by atoms with van der Waals surface area (Å²) in [5, 5.41) is 5.35. The molecule has 0 spiro atoms. The van der Waals surface area contributed by atoms with Crippen molar-refractivity contribution < 1.29 is 14.0 Å². The molecule has 0 aliphatic carbocycles. The van der Waals surface area contributed by atoms with Crippen LogP contribution in [0, 0.1) is 0 Å². The minimum absolute atomic E-state index is 0.159. The molecule has 0 fully saturated rings. The molecule has 92 valence electrons. The monoisotopic (exact) mass is 244 g/mol. The minimum Gasteiger partial charge on any atom is -0.472 e. The lowest BCUT2D eigenvalue weighted by Crippen LogP contribution is -2.11. The van der Waals surface area contributed by atoms with Crippen LogP contribution in [0.25, 0.3) is 0 Å². The Kier molecular flexibility index (Phi) is 3.43. The zero-order valence-corrected chi connectivity index (χ0v) is 9.77. The lowest BCUT2D eigenvalue weighted by Gasteiger charge is -2.06. The van der Waals surface area contributed by atoms with E-state index < -0.39 is 0 Å². The molecule has 18 heavy (non-hydrogen) atoms. The van der Waals surface area contributed by atoms with Gasteiger partial charge in [-0.15, -0.1) is 0 Å². The van der Waals surface area contributed by atoms with Crippen molar-refractivity contribution in [3.05, 3.63) is 48.4 Å². The van der Waals surface area contributed by atoms with E-state index in [1.807, 2.05) is 0 Å². The highest BCUT2D eigenvalue weighted by molar-refractivity contribution is 6.04. The van der Waals surface area contributed by atoms with Crippen LogP contribution in [-0.4, -0.2) is 11.8 Å². The highest BCUT2D eigenvalue weighted by atomic mass is 16.3. The number of carbonyl (C=O) groups excluding carboxylic acids is 2. The Morgan fingerprint density at radius 2 is 1.83 bits per heavy atom. The summed E-state index contributed by atoms with van der Waals surface area (Å²) in [5.74, 6) is -0.419. The molecule has 0 atom stereocenters. The largest absolute Gasteiger partial charge is 0.472 e. The fourth-order valence-corrected chi connectivity index (χ4v) is 1.47. The van der Waals surface area contributed by atoms with E-state index in [4.69, 9.17) is 4.42 Å². The molecule has 2 aromatic rings. The topological polar surface area (TPSA) is 71.3 Å². The van der Waals surface area contributed by atoms with Gasteiger partial charge in [0.05, 0.1) is 11.8 Å². The molecule has 2 N–H and O–H groups in total. The van der Waals surface area contributed by atoms with Gasteiger partial charge < -0.3 is 15.1 Å². The average molecular weight is 244 g/mol. The summed E-state index contributed by atoms with van der Waals surface area (Å²) in [6.45, 7) is 1.43. The fraction of sp³-hybridized carbons (Fsp3) is 0.0769. The molecule has 0 saturated carbocycles. The highest BCUT2D eigenvalue weighted by Crippen LogP contribution is 2.16. The van der Waals surface area contributed by atoms with Crippen LogP contribution in [0.1, 0.15) is 17.3 Å². The first-order valence-electron chi connectivity index (χ1n) is 5.36. The molecule has 5 nitrogen and oxygen atoms in total. The predicted octanol–water partition coefficient (Wildman–Crippen LogP) is 2.49. The van der Waals surface area contributed by atoms with E-state index in [9.17, 15) is 9.59 Å². The van der Waals surface area contributed by atoms with Gasteiger partial charge >= 0.3 is 0 Å². The van der Waals surface area contributed by atoms with Crippen LogP contribution in [0.4, 0.5) is 11.4 Å². The molecule has 0 aliphatic rings. The maximum absolute atomic E-state index is 11.8. The second-order valence-corrected chi connectivity index (χ2v) is 3.73. The minimum atomic E-state index is -0.260. The van der Waals surface area contributed by atoms with Crippen molar-refractivity contribution in [3.8, 4) is 0 Å². The third-order valence-corrected chi connectivity index (χ3v) is 2.22. The molecular formula is C13H12N2O3. The molecule has 1 aromatic carbocycles. The summed E-state index contributed by atoms with van der Waals surface area (Å²) >= 11 is 0. The molecule has 2 rings (SSSR count). The zero-order chi connectivity index (χ0) is 13.0. The van der Waals surface area contributed by atoms with Crippen molar-refractivity contribution in [1.82, 2.24) is 0 Å². The summed E-state index contributed by atoms with van der Waals surface area (Å²) < 4.78 is 4.83. The van der Waals surface area contributed by atoms with Crippen LogP contribution < -0.4 is 10.6 Å². The van der Waals surface area contributed by atoms with E-state index in [0.717, 1.165) is 0 Å². The molecule has 0 saturated heterocycles. The van der Waals surface area contributed by atoms with Gasteiger partial charge in [0.25, 0.3) is 5.91 Å². The number of rotatable bonds is 3. The molecular weight excluding hydrogens is 232 g/mol. The van der Waals surface area contributed by atoms with Gasteiger partial charge in [0.1, 0.15) is 6.26 Å². The number of nitrogens with one attached hydrogen (secondary N) is 2. The third-order valence-electron chi connectivity index (χ3n) is 2.22. The van der Waals surface area contributed by atoms with Crippen molar-refractivity contribution in [3.63, 3.8) is 0 Å². The number of amides is 2. The summed E-state index contributed by atoms with van der Waals surface area (Å²) in [6.07, 6.45) is 2.80. The maximum Gasteiger partial charge on any atom is 0.258 e. The fourth-order valence-electron chi connectivity index (χ4n) is 1.47. The van der Waals surface area contributed by atoms with Crippen LogP contribution in [0.15, 0.2) is 47.3 Å². The van der Waals surface area contributed by atoms with E-state index in [1.54, 1.807) is 30.3 Å². The van der Waals surface area contributed by atoms with Crippen molar-refractivity contribution >= 4 is 23.2 Å². The van der Waals surface area contributed by atoms with E-state index in [-0.39, 0.29) is 11.8 Å². The normalized spacial score (nSPS) is 9.83. The van der Waals surface area contributed by atoms with E-state index >= 15 is 0 Å². The number of anilines is 2. The molecule has 0 aliphatic heterocycles. The zero-order valence-electron chi connectivity index (χ0n) is 9.77. The number of hydrogen-bond acceptors (Lipinski definition) is 3. The van der Waals surface area contributed by atoms with Crippen molar-refractivity contribution in [2.75, 3.05) is 10.6 Å². The molecule has 1 aromatic heterocycles. The van der Waals surface area contributed by atoms with Gasteiger partial charge in [-0.3, -0.25) is 9.59 Å². The summed E-state index contributed by atoms with van der Waals surface area (Å²) in [7, 11) is 0. The van der Waals surface area contributed by atoms with Crippen molar-refractivity contribution in [2.45, 2.75) is 6.92 Å². The Labute approximate surface area is 104 Å². The van der Waals surface area contributed by atoms with E-state index in [0.29, 0.717) is 16.9 Å². The number of hydrogen-bond donors (Lipinski definition) is 2. The number of furan rings is 1. The summed E-state index contributed by atoms with van der Waals surface area (Å²) in [6, 6.07) is 8.49. The summed E-state index contributed by atoms with van der Waals surface area (Å²) in [5.41, 5.74) is 1.68. The van der Waals surface area contributed by atoms with Crippen LogP contribution in [0.2, 0.25) is 0 Å². The van der Waals surface area contributed by atoms with Crippen LogP contribution in [0.3, 0.4) is 0 Å². The van der Waals surface area contributed by atoms with Gasteiger partial charge in [0, 0.05) is 18.3 Å². The van der Waals surface area contributed by atoms with Gasteiger partial charge in [-0.1, -0.05) is 6.07 Å². The first-order chi connectivity index (χ1) is 8.65. The number of carbonyl (C=O) groups is 2. The van der Waals surface area contributed by atoms with Gasteiger partial charge in [0.15, 0.2) is 0 Å². The molecule has 5 heteroatoms. The van der Waals surface area contributed by atoms with Crippen LogP contribution in [-0.2, 0) is 4.79 Å². The van der Waals surface area contributed by atoms with Gasteiger partial charge in [-0.25, -0.2) is 0 Å². The lowest BCUT2D eigenvalue weighted by atomic mass is 10.2. The molecule has 0 bridgehead atoms. The second kappa shape index (κ2) is 5.18. The SMILES string of the molecule is CC(=O)Nc1cccc(NC(=O)c2ccoc2)c1. The molecule has 1 heterocycles. The molecule has 0 unspecified atom stereocenters. The van der Waals surface area contributed by atoms with Gasteiger partial charge in [-0.05, 0) is 24.3 Å². The molecule has 0 radical (unpaired) electrons. The van der Waals surface area contributed by atoms with Crippen LogP contribution in [0.5, 0.6) is 0 Å². The second-order valence-electron chi connectivity index (χ2n) is 3.73. The summed E-state index contributed by atoms with van der Waals surface area (Å²) in [4.78, 5) is 22.7. The average Bonchev–Trinajstić information content (AvgIpc) is 2.81. The maximum atomic E-state index is 11.8. The Morgan fingerprint density at radius 3 is 2.44 bits per heavy atom. The quantitative estimate of drug-likeness (QED) is 0.871. The van der Waals surface area contributed by atoms with E-state index in [1.165, 1.54) is 19.5 Å².